The topological polar surface area (TPSA) is 12.0 Å². The Morgan fingerprint density at radius 1 is 1.40 bits per heavy atom. The fraction of sp³-hybridized carbons (Fsp3) is 0.750. The maximum Gasteiger partial charge on any atom is 0.0138 e. The van der Waals surface area contributed by atoms with Crippen LogP contribution in [0.5, 0.6) is 0 Å². The third kappa shape index (κ3) is 10.7. The summed E-state index contributed by atoms with van der Waals surface area (Å²) in [6.07, 6.45) is 5.40. The fourth-order valence-corrected chi connectivity index (χ4v) is 0.488. The SMILES string of the molecule is CCCN/C=C/C(C)C.Cl. The van der Waals surface area contributed by atoms with Crippen LogP contribution in [-0.2, 0) is 0 Å². The van der Waals surface area contributed by atoms with E-state index in [2.05, 4.69) is 32.2 Å². The van der Waals surface area contributed by atoms with Gasteiger partial charge < -0.3 is 5.32 Å². The van der Waals surface area contributed by atoms with Gasteiger partial charge >= 0.3 is 0 Å². The van der Waals surface area contributed by atoms with Gasteiger partial charge in [-0.15, -0.1) is 12.4 Å². The summed E-state index contributed by atoms with van der Waals surface area (Å²) in [7, 11) is 0. The van der Waals surface area contributed by atoms with Crippen molar-refractivity contribution in [3.05, 3.63) is 12.3 Å². The minimum Gasteiger partial charge on any atom is -0.391 e. The molecule has 0 aromatic heterocycles. The standard InChI is InChI=1S/C8H17N.ClH/c1-4-6-9-7-5-8(2)3;/h5,7-9H,4,6H2,1-3H3;1H/b7-5+;. The molecule has 2 heteroatoms. The number of rotatable bonds is 4. The Morgan fingerprint density at radius 3 is 2.40 bits per heavy atom. The van der Waals surface area contributed by atoms with Gasteiger partial charge in [0.15, 0.2) is 0 Å². The van der Waals surface area contributed by atoms with Crippen LogP contribution >= 0.6 is 12.4 Å². The second-order valence-electron chi connectivity index (χ2n) is 2.56. The van der Waals surface area contributed by atoms with E-state index in [0.29, 0.717) is 5.92 Å². The van der Waals surface area contributed by atoms with Gasteiger partial charge in [0.2, 0.25) is 0 Å². The summed E-state index contributed by atoms with van der Waals surface area (Å²) >= 11 is 0. The molecule has 0 saturated carbocycles. The highest BCUT2D eigenvalue weighted by molar-refractivity contribution is 5.85. The molecule has 0 radical (unpaired) electrons. The Labute approximate surface area is 70.3 Å². The second kappa shape index (κ2) is 8.83. The normalized spacial score (nSPS) is 10.0. The second-order valence-corrected chi connectivity index (χ2v) is 2.56. The predicted molar refractivity (Wildman–Crippen MR) is 49.5 cm³/mol. The van der Waals surface area contributed by atoms with Crippen molar-refractivity contribution in [3.8, 4) is 0 Å². The lowest BCUT2D eigenvalue weighted by Crippen LogP contribution is -2.05. The average molecular weight is 164 g/mol. The van der Waals surface area contributed by atoms with Gasteiger partial charge in [-0.25, -0.2) is 0 Å². The zero-order valence-corrected chi connectivity index (χ0v) is 7.87. The highest BCUT2D eigenvalue weighted by atomic mass is 35.5. The van der Waals surface area contributed by atoms with Crippen LogP contribution in [-0.4, -0.2) is 6.54 Å². The minimum atomic E-state index is 0. The molecule has 0 rings (SSSR count). The van der Waals surface area contributed by atoms with Crippen molar-refractivity contribution in [3.63, 3.8) is 0 Å². The van der Waals surface area contributed by atoms with E-state index in [1.807, 2.05) is 6.20 Å². The van der Waals surface area contributed by atoms with Crippen molar-refractivity contribution in [1.82, 2.24) is 5.32 Å². The first-order valence-electron chi connectivity index (χ1n) is 3.67. The summed E-state index contributed by atoms with van der Waals surface area (Å²) in [6, 6.07) is 0. The monoisotopic (exact) mass is 163 g/mol. The van der Waals surface area contributed by atoms with Crippen LogP contribution in [0.25, 0.3) is 0 Å². The van der Waals surface area contributed by atoms with Crippen LogP contribution in [0.3, 0.4) is 0 Å². The maximum atomic E-state index is 3.19. The van der Waals surface area contributed by atoms with Crippen LogP contribution in [0.1, 0.15) is 27.2 Å². The lowest BCUT2D eigenvalue weighted by Gasteiger charge is -1.96. The van der Waals surface area contributed by atoms with E-state index < -0.39 is 0 Å². The average Bonchev–Trinajstić information content (AvgIpc) is 1.80. The third-order valence-electron chi connectivity index (χ3n) is 0.993. The van der Waals surface area contributed by atoms with Gasteiger partial charge in [0.1, 0.15) is 0 Å². The highest BCUT2D eigenvalue weighted by Crippen LogP contribution is 1.90. The number of hydrogen-bond donors (Lipinski definition) is 1. The first-order valence-corrected chi connectivity index (χ1v) is 3.67. The predicted octanol–water partition coefficient (Wildman–Crippen LogP) is 2.58. The molecule has 0 unspecified atom stereocenters. The molecule has 1 nitrogen and oxygen atoms in total. The molecule has 10 heavy (non-hydrogen) atoms. The number of halogens is 1. The van der Waals surface area contributed by atoms with E-state index in [4.69, 9.17) is 0 Å². The molecule has 62 valence electrons. The van der Waals surface area contributed by atoms with Gasteiger partial charge in [-0.1, -0.05) is 26.8 Å². The highest BCUT2D eigenvalue weighted by Gasteiger charge is 1.80. The molecule has 0 amide bonds. The van der Waals surface area contributed by atoms with Gasteiger partial charge in [-0.3, -0.25) is 0 Å². The lowest BCUT2D eigenvalue weighted by atomic mass is 10.2. The van der Waals surface area contributed by atoms with E-state index >= 15 is 0 Å². The Hall–Kier alpha value is -0.170. The quantitative estimate of drug-likeness (QED) is 0.629. The molecule has 1 N–H and O–H groups in total. The van der Waals surface area contributed by atoms with Crippen LogP contribution in [0.15, 0.2) is 12.3 Å². The summed E-state index contributed by atoms with van der Waals surface area (Å²) in [5.41, 5.74) is 0. The van der Waals surface area contributed by atoms with Crippen LogP contribution in [0, 0.1) is 5.92 Å². The van der Waals surface area contributed by atoms with Crippen molar-refractivity contribution < 1.29 is 0 Å². The van der Waals surface area contributed by atoms with Crippen LogP contribution in [0.4, 0.5) is 0 Å². The van der Waals surface area contributed by atoms with Gasteiger partial charge in [0.25, 0.3) is 0 Å². The van der Waals surface area contributed by atoms with E-state index in [1.54, 1.807) is 0 Å². The van der Waals surface area contributed by atoms with E-state index in [0.717, 1.165) is 6.54 Å². The van der Waals surface area contributed by atoms with Crippen molar-refractivity contribution in [2.45, 2.75) is 27.2 Å². The zero-order chi connectivity index (χ0) is 7.11. The van der Waals surface area contributed by atoms with Gasteiger partial charge in [-0.2, -0.15) is 0 Å². The summed E-state index contributed by atoms with van der Waals surface area (Å²) < 4.78 is 0. The van der Waals surface area contributed by atoms with E-state index in [1.165, 1.54) is 6.42 Å². The minimum absolute atomic E-state index is 0. The van der Waals surface area contributed by atoms with E-state index in [9.17, 15) is 0 Å². The van der Waals surface area contributed by atoms with Crippen LogP contribution in [0.2, 0.25) is 0 Å². The molecule has 0 aliphatic carbocycles. The third-order valence-corrected chi connectivity index (χ3v) is 0.993. The van der Waals surface area contributed by atoms with Crippen molar-refractivity contribution in [2.75, 3.05) is 6.54 Å². The van der Waals surface area contributed by atoms with Crippen molar-refractivity contribution >= 4 is 12.4 Å². The van der Waals surface area contributed by atoms with Crippen molar-refractivity contribution in [2.24, 2.45) is 5.92 Å². The summed E-state index contributed by atoms with van der Waals surface area (Å²) in [4.78, 5) is 0. The molecular formula is C8H18ClN. The molecule has 0 heterocycles. The molecule has 0 saturated heterocycles. The lowest BCUT2D eigenvalue weighted by molar-refractivity contribution is 0.778. The fourth-order valence-electron chi connectivity index (χ4n) is 0.488. The first-order chi connectivity index (χ1) is 4.27. The zero-order valence-electron chi connectivity index (χ0n) is 7.05. The van der Waals surface area contributed by atoms with E-state index in [-0.39, 0.29) is 12.4 Å². The summed E-state index contributed by atoms with van der Waals surface area (Å²) in [5, 5.41) is 3.19. The summed E-state index contributed by atoms with van der Waals surface area (Å²) in [5.74, 6) is 0.661. The Morgan fingerprint density at radius 2 is 2.00 bits per heavy atom. The van der Waals surface area contributed by atoms with Gasteiger partial charge in [0, 0.05) is 6.54 Å². The van der Waals surface area contributed by atoms with Crippen LogP contribution < -0.4 is 5.32 Å². The first kappa shape index (κ1) is 12.5. The largest absolute Gasteiger partial charge is 0.391 e. The Bertz CT molecular complexity index is 79.3. The van der Waals surface area contributed by atoms with Gasteiger partial charge in [-0.05, 0) is 18.5 Å². The molecule has 0 spiro atoms. The molecule has 0 aliphatic rings. The number of allylic oxidation sites excluding steroid dienone is 1. The molecule has 0 aromatic rings. The Balaban J connectivity index is 0. The Kier molecular flexibility index (Phi) is 11.0. The summed E-state index contributed by atoms with van der Waals surface area (Å²) in [6.45, 7) is 7.59. The number of nitrogens with one attached hydrogen (secondary N) is 1. The molecule has 0 atom stereocenters. The smallest absolute Gasteiger partial charge is 0.0138 e. The maximum absolute atomic E-state index is 3.19. The number of hydrogen-bond acceptors (Lipinski definition) is 1. The van der Waals surface area contributed by atoms with Gasteiger partial charge in [0.05, 0.1) is 0 Å². The molecular weight excluding hydrogens is 146 g/mol. The molecule has 0 aromatic carbocycles. The molecule has 0 aliphatic heterocycles. The molecule has 0 bridgehead atoms. The van der Waals surface area contributed by atoms with Crippen molar-refractivity contribution in [1.29, 1.82) is 0 Å². The molecule has 0 fully saturated rings.